The first-order chi connectivity index (χ1) is 7.27. The molecule has 2 aliphatic rings. The number of hydrogen-bond donors (Lipinski definition) is 0. The van der Waals surface area contributed by atoms with Crippen LogP contribution in [0.5, 0.6) is 0 Å². The van der Waals surface area contributed by atoms with E-state index < -0.39 is 0 Å². The van der Waals surface area contributed by atoms with Gasteiger partial charge in [-0.05, 0) is 25.7 Å². The number of rotatable bonds is 2. The Hall–Kier alpha value is -0.370. The number of nitrogens with zero attached hydrogens (tertiary/aromatic N) is 1. The van der Waals surface area contributed by atoms with Crippen LogP contribution in [0.2, 0.25) is 0 Å². The third-order valence-electron chi connectivity index (χ3n) is 4.26. The van der Waals surface area contributed by atoms with Crippen LogP contribution in [0.4, 0.5) is 0 Å². The molecule has 1 aliphatic heterocycles. The summed E-state index contributed by atoms with van der Waals surface area (Å²) in [5.74, 6) is 1.36. The molecule has 2 fully saturated rings. The van der Waals surface area contributed by atoms with Gasteiger partial charge in [-0.2, -0.15) is 0 Å². The van der Waals surface area contributed by atoms with Crippen LogP contribution in [0.3, 0.4) is 0 Å². The summed E-state index contributed by atoms with van der Waals surface area (Å²) in [6.07, 6.45) is 8.66. The zero-order valence-electron chi connectivity index (χ0n) is 9.87. The minimum Gasteiger partial charge on any atom is -0.300 e. The smallest absolute Gasteiger partial charge is 0.135 e. The third kappa shape index (κ3) is 2.81. The summed E-state index contributed by atoms with van der Waals surface area (Å²) in [5.41, 5.74) is 0. The molecule has 1 aliphatic carbocycles. The minimum absolute atomic E-state index is 0.460. The van der Waals surface area contributed by atoms with E-state index in [-0.39, 0.29) is 0 Å². The van der Waals surface area contributed by atoms with Crippen LogP contribution in [-0.2, 0) is 4.79 Å². The molecule has 0 radical (unpaired) electrons. The SMILES string of the molecule is C[C@@H](C1CCCCC1)N1CCC(=O)CC1. The van der Waals surface area contributed by atoms with Crippen molar-refractivity contribution in [2.45, 2.75) is 57.9 Å². The molecular formula is C13H23NO. The Kier molecular flexibility index (Phi) is 3.79. The summed E-state index contributed by atoms with van der Waals surface area (Å²) in [4.78, 5) is 13.7. The van der Waals surface area contributed by atoms with Gasteiger partial charge in [0.15, 0.2) is 0 Å². The van der Waals surface area contributed by atoms with E-state index in [1.807, 2.05) is 0 Å². The van der Waals surface area contributed by atoms with Gasteiger partial charge in [0.1, 0.15) is 5.78 Å². The molecule has 2 rings (SSSR count). The Balaban J connectivity index is 1.83. The molecule has 0 aromatic rings. The van der Waals surface area contributed by atoms with Crippen LogP contribution in [0.15, 0.2) is 0 Å². The van der Waals surface area contributed by atoms with Crippen molar-refractivity contribution < 1.29 is 4.79 Å². The first-order valence-corrected chi connectivity index (χ1v) is 6.53. The molecule has 0 unspecified atom stereocenters. The second-order valence-electron chi connectivity index (χ2n) is 5.21. The summed E-state index contributed by atoms with van der Waals surface area (Å²) in [5, 5.41) is 0. The normalized spacial score (nSPS) is 27.9. The fourth-order valence-corrected chi connectivity index (χ4v) is 3.10. The van der Waals surface area contributed by atoms with Gasteiger partial charge in [0.2, 0.25) is 0 Å². The number of piperidine rings is 1. The van der Waals surface area contributed by atoms with Crippen molar-refractivity contribution in [1.82, 2.24) is 4.90 Å². The van der Waals surface area contributed by atoms with Crippen LogP contribution >= 0.6 is 0 Å². The van der Waals surface area contributed by atoms with E-state index in [0.29, 0.717) is 11.8 Å². The maximum absolute atomic E-state index is 11.2. The van der Waals surface area contributed by atoms with Gasteiger partial charge in [-0.15, -0.1) is 0 Å². The number of Topliss-reactive ketones (excluding diaryl/α,β-unsaturated/α-hetero) is 1. The van der Waals surface area contributed by atoms with Gasteiger partial charge < -0.3 is 0 Å². The van der Waals surface area contributed by atoms with Gasteiger partial charge in [-0.25, -0.2) is 0 Å². The molecule has 1 atom stereocenters. The van der Waals surface area contributed by atoms with Crippen LogP contribution in [0.1, 0.15) is 51.9 Å². The zero-order valence-corrected chi connectivity index (χ0v) is 9.87. The van der Waals surface area contributed by atoms with Crippen molar-refractivity contribution in [3.63, 3.8) is 0 Å². The summed E-state index contributed by atoms with van der Waals surface area (Å²) < 4.78 is 0. The van der Waals surface area contributed by atoms with Gasteiger partial charge >= 0.3 is 0 Å². The third-order valence-corrected chi connectivity index (χ3v) is 4.26. The average molecular weight is 209 g/mol. The standard InChI is InChI=1S/C13H23NO/c1-11(12-5-3-2-4-6-12)14-9-7-13(15)8-10-14/h11-12H,2-10H2,1H3/t11-/m0/s1. The fourth-order valence-electron chi connectivity index (χ4n) is 3.10. The lowest BCUT2D eigenvalue weighted by atomic mass is 9.83. The molecule has 0 spiro atoms. The summed E-state index contributed by atoms with van der Waals surface area (Å²) in [7, 11) is 0. The van der Waals surface area contributed by atoms with Crippen molar-refractivity contribution in [2.24, 2.45) is 5.92 Å². The van der Waals surface area contributed by atoms with E-state index in [1.54, 1.807) is 0 Å². The summed E-state index contributed by atoms with van der Waals surface area (Å²) in [6.45, 7) is 4.39. The van der Waals surface area contributed by atoms with Crippen molar-refractivity contribution in [3.05, 3.63) is 0 Å². The van der Waals surface area contributed by atoms with E-state index in [1.165, 1.54) is 32.1 Å². The Labute approximate surface area is 93.0 Å². The zero-order chi connectivity index (χ0) is 10.7. The van der Waals surface area contributed by atoms with E-state index in [4.69, 9.17) is 0 Å². The lowest BCUT2D eigenvalue weighted by Crippen LogP contribution is -2.44. The van der Waals surface area contributed by atoms with Crippen LogP contribution < -0.4 is 0 Å². The molecule has 0 bridgehead atoms. The molecule has 15 heavy (non-hydrogen) atoms. The summed E-state index contributed by atoms with van der Waals surface area (Å²) >= 11 is 0. The number of hydrogen-bond acceptors (Lipinski definition) is 2. The second kappa shape index (κ2) is 5.11. The molecule has 0 aromatic heterocycles. The molecule has 0 amide bonds. The number of carbonyl (C=O) groups excluding carboxylic acids is 1. The second-order valence-corrected chi connectivity index (χ2v) is 5.21. The monoisotopic (exact) mass is 209 g/mol. The molecule has 1 saturated carbocycles. The van der Waals surface area contributed by atoms with Crippen LogP contribution in [0, 0.1) is 5.92 Å². The molecule has 2 heteroatoms. The van der Waals surface area contributed by atoms with Gasteiger partial charge in [-0.3, -0.25) is 9.69 Å². The largest absolute Gasteiger partial charge is 0.300 e. The molecule has 1 saturated heterocycles. The van der Waals surface area contributed by atoms with Crippen molar-refractivity contribution >= 4 is 5.78 Å². The molecule has 2 nitrogen and oxygen atoms in total. The Bertz CT molecular complexity index is 211. The number of ketones is 1. The van der Waals surface area contributed by atoms with Gasteiger partial charge in [-0.1, -0.05) is 19.3 Å². The molecule has 0 N–H and O–H groups in total. The van der Waals surface area contributed by atoms with Gasteiger partial charge in [0, 0.05) is 32.0 Å². The predicted molar refractivity (Wildman–Crippen MR) is 61.9 cm³/mol. The van der Waals surface area contributed by atoms with Crippen LogP contribution in [-0.4, -0.2) is 29.8 Å². The summed E-state index contributed by atoms with van der Waals surface area (Å²) in [6, 6.07) is 0.707. The number of carbonyl (C=O) groups is 1. The number of likely N-dealkylation sites (tertiary alicyclic amines) is 1. The molecule has 0 aromatic carbocycles. The lowest BCUT2D eigenvalue weighted by Gasteiger charge is -2.38. The van der Waals surface area contributed by atoms with Gasteiger partial charge in [0.05, 0.1) is 0 Å². The minimum atomic E-state index is 0.460. The van der Waals surface area contributed by atoms with E-state index in [2.05, 4.69) is 11.8 Å². The van der Waals surface area contributed by atoms with E-state index in [9.17, 15) is 4.79 Å². The molecule has 86 valence electrons. The highest BCUT2D eigenvalue weighted by Gasteiger charge is 2.27. The van der Waals surface area contributed by atoms with Crippen LogP contribution in [0.25, 0.3) is 0 Å². The van der Waals surface area contributed by atoms with Crippen molar-refractivity contribution in [1.29, 1.82) is 0 Å². The van der Waals surface area contributed by atoms with Gasteiger partial charge in [0.25, 0.3) is 0 Å². The predicted octanol–water partition coefficient (Wildman–Crippen LogP) is 2.62. The maximum Gasteiger partial charge on any atom is 0.135 e. The lowest BCUT2D eigenvalue weighted by molar-refractivity contribution is -0.122. The molecule has 1 heterocycles. The quantitative estimate of drug-likeness (QED) is 0.697. The van der Waals surface area contributed by atoms with E-state index >= 15 is 0 Å². The Morgan fingerprint density at radius 2 is 1.73 bits per heavy atom. The first kappa shape index (κ1) is 11.1. The fraction of sp³-hybridized carbons (Fsp3) is 0.923. The van der Waals surface area contributed by atoms with Crippen molar-refractivity contribution in [3.8, 4) is 0 Å². The van der Waals surface area contributed by atoms with Crippen molar-refractivity contribution in [2.75, 3.05) is 13.1 Å². The highest BCUT2D eigenvalue weighted by atomic mass is 16.1. The topological polar surface area (TPSA) is 20.3 Å². The maximum atomic E-state index is 11.2. The highest BCUT2D eigenvalue weighted by Crippen LogP contribution is 2.29. The Morgan fingerprint density at radius 3 is 2.33 bits per heavy atom. The first-order valence-electron chi connectivity index (χ1n) is 6.53. The average Bonchev–Trinajstić information content (AvgIpc) is 2.30. The van der Waals surface area contributed by atoms with E-state index in [0.717, 1.165) is 31.8 Å². The highest BCUT2D eigenvalue weighted by molar-refractivity contribution is 5.79. The Morgan fingerprint density at radius 1 is 1.13 bits per heavy atom. The molecular weight excluding hydrogens is 186 g/mol.